The molecule has 1 aliphatic heterocycles. The molecule has 0 fully saturated rings. The van der Waals surface area contributed by atoms with Crippen LogP contribution in [0.1, 0.15) is 63.1 Å². The molecule has 176 valence electrons. The van der Waals surface area contributed by atoms with Crippen LogP contribution in [-0.4, -0.2) is 47.7 Å². The first kappa shape index (κ1) is 25.6. The summed E-state index contributed by atoms with van der Waals surface area (Å²) >= 11 is 0. The Morgan fingerprint density at radius 3 is 2.52 bits per heavy atom. The molecule has 0 aliphatic carbocycles. The Bertz CT molecular complexity index is 872. The van der Waals surface area contributed by atoms with Gasteiger partial charge in [-0.25, -0.2) is 13.5 Å². The number of hydrogen-bond acceptors (Lipinski definition) is 4. The summed E-state index contributed by atoms with van der Waals surface area (Å²) in [6.45, 7) is 5.94. The zero-order chi connectivity index (χ0) is 23.4. The van der Waals surface area contributed by atoms with Crippen molar-refractivity contribution in [1.82, 2.24) is 9.37 Å². The first-order valence-corrected chi connectivity index (χ1v) is 12.0. The number of rotatable bonds is 10. The largest absolute Gasteiger partial charge is 0.416 e. The van der Waals surface area contributed by atoms with Gasteiger partial charge in [-0.15, -0.1) is 0 Å². The van der Waals surface area contributed by atoms with E-state index in [1.54, 1.807) is 0 Å². The van der Waals surface area contributed by atoms with Crippen molar-refractivity contribution >= 4 is 16.4 Å². The van der Waals surface area contributed by atoms with E-state index in [0.29, 0.717) is 41.9 Å². The average molecular weight is 465 g/mol. The third-order valence-corrected chi connectivity index (χ3v) is 7.65. The number of sulfonamides is 1. The number of hydrogen-bond donors (Lipinski definition) is 1. The van der Waals surface area contributed by atoms with Crippen LogP contribution in [0.2, 0.25) is 0 Å². The Balaban J connectivity index is 2.03. The van der Waals surface area contributed by atoms with Crippen LogP contribution in [0.15, 0.2) is 18.2 Å². The molecule has 1 amide bonds. The van der Waals surface area contributed by atoms with Crippen molar-refractivity contribution in [3.8, 4) is 0 Å². The molecule has 1 aromatic rings. The van der Waals surface area contributed by atoms with E-state index in [1.165, 1.54) is 10.4 Å². The second-order valence-corrected chi connectivity index (χ2v) is 11.0. The normalized spacial score (nSPS) is 16.6. The Labute approximate surface area is 182 Å². The highest BCUT2D eigenvalue weighted by Gasteiger charge is 2.34. The molecular weight excluding hydrogens is 433 g/mol. The van der Waals surface area contributed by atoms with Gasteiger partial charge in [0.2, 0.25) is 16.4 Å². The topological polar surface area (TPSA) is 77.9 Å². The highest BCUT2D eigenvalue weighted by Crippen LogP contribution is 2.34. The summed E-state index contributed by atoms with van der Waals surface area (Å²) in [5.74, 6) is -0.110. The monoisotopic (exact) mass is 464 g/mol. The molecular formula is C21H31F3N2O4S. The van der Waals surface area contributed by atoms with Crippen LogP contribution >= 0.6 is 0 Å². The highest BCUT2D eigenvalue weighted by atomic mass is 32.2. The second kappa shape index (κ2) is 9.87. The number of benzene rings is 1. The van der Waals surface area contributed by atoms with Gasteiger partial charge >= 0.3 is 6.18 Å². The van der Waals surface area contributed by atoms with Gasteiger partial charge in [0.1, 0.15) is 0 Å². The average Bonchev–Trinajstić information content (AvgIpc) is 2.70. The summed E-state index contributed by atoms with van der Waals surface area (Å²) in [5.41, 5.74) is -0.0428. The summed E-state index contributed by atoms with van der Waals surface area (Å²) in [7, 11) is -3.61. The van der Waals surface area contributed by atoms with Crippen LogP contribution in [0.3, 0.4) is 0 Å². The van der Waals surface area contributed by atoms with Gasteiger partial charge in [-0.2, -0.15) is 17.5 Å². The highest BCUT2D eigenvalue weighted by molar-refractivity contribution is 7.89. The van der Waals surface area contributed by atoms with Crippen molar-refractivity contribution in [2.45, 2.75) is 71.6 Å². The lowest BCUT2D eigenvalue weighted by molar-refractivity contribution is -0.163. The van der Waals surface area contributed by atoms with E-state index in [2.05, 4.69) is 0 Å². The maximum Gasteiger partial charge on any atom is 0.416 e. The van der Waals surface area contributed by atoms with E-state index in [4.69, 9.17) is 0 Å². The van der Waals surface area contributed by atoms with E-state index in [-0.39, 0.29) is 31.3 Å². The summed E-state index contributed by atoms with van der Waals surface area (Å²) in [6.07, 6.45) is -1.66. The molecule has 1 atom stereocenters. The van der Waals surface area contributed by atoms with Crippen LogP contribution < -0.4 is 0 Å². The molecule has 0 saturated heterocycles. The maximum absolute atomic E-state index is 12.9. The molecule has 10 heteroatoms. The van der Waals surface area contributed by atoms with E-state index in [1.807, 2.05) is 20.8 Å². The third-order valence-electron chi connectivity index (χ3n) is 5.83. The lowest BCUT2D eigenvalue weighted by Gasteiger charge is -2.33. The van der Waals surface area contributed by atoms with Gasteiger partial charge in [-0.3, -0.25) is 10.0 Å². The number of alkyl halides is 3. The number of carbonyl (C=O) groups is 1. The van der Waals surface area contributed by atoms with Crippen molar-refractivity contribution in [3.05, 3.63) is 34.9 Å². The van der Waals surface area contributed by atoms with Crippen molar-refractivity contribution in [2.24, 2.45) is 5.41 Å². The van der Waals surface area contributed by atoms with Crippen LogP contribution in [0.25, 0.3) is 0 Å². The SMILES string of the molecule is CCCC(CC(C)(C)CCS(=O)(=O)N1CCc2cc(C(F)(F)F)ccc2C1)N(O)C=O. The van der Waals surface area contributed by atoms with Crippen LogP contribution in [0, 0.1) is 5.41 Å². The molecule has 1 unspecified atom stereocenters. The van der Waals surface area contributed by atoms with Gasteiger partial charge in [0.15, 0.2) is 0 Å². The van der Waals surface area contributed by atoms with Crippen LogP contribution in [-0.2, 0) is 34.0 Å². The minimum atomic E-state index is -4.42. The number of nitrogens with zero attached hydrogens (tertiary/aromatic N) is 2. The molecule has 6 nitrogen and oxygen atoms in total. The van der Waals surface area contributed by atoms with Crippen LogP contribution in [0.4, 0.5) is 13.2 Å². The van der Waals surface area contributed by atoms with Gasteiger partial charge in [0, 0.05) is 13.1 Å². The Morgan fingerprint density at radius 2 is 1.94 bits per heavy atom. The molecule has 0 radical (unpaired) electrons. The lowest BCUT2D eigenvalue weighted by Crippen LogP contribution is -2.39. The zero-order valence-corrected chi connectivity index (χ0v) is 19.0. The number of amides is 1. The van der Waals surface area contributed by atoms with Gasteiger partial charge in [0.25, 0.3) is 0 Å². The molecule has 1 aromatic carbocycles. The number of hydroxylamine groups is 2. The maximum atomic E-state index is 12.9. The third kappa shape index (κ3) is 6.92. The number of carbonyl (C=O) groups excluding carboxylic acids is 1. The van der Waals surface area contributed by atoms with Crippen molar-refractivity contribution in [2.75, 3.05) is 12.3 Å². The smallest absolute Gasteiger partial charge is 0.286 e. The zero-order valence-electron chi connectivity index (χ0n) is 18.2. The fourth-order valence-electron chi connectivity index (χ4n) is 3.96. The van der Waals surface area contributed by atoms with Crippen LogP contribution in [0.5, 0.6) is 0 Å². The van der Waals surface area contributed by atoms with E-state index in [0.717, 1.165) is 18.6 Å². The quantitative estimate of drug-likeness (QED) is 0.320. The van der Waals surface area contributed by atoms with Crippen molar-refractivity contribution in [3.63, 3.8) is 0 Å². The molecule has 1 heterocycles. The fourth-order valence-corrected chi connectivity index (χ4v) is 5.74. The van der Waals surface area contributed by atoms with Crippen molar-refractivity contribution in [1.29, 1.82) is 0 Å². The molecule has 0 saturated carbocycles. The predicted molar refractivity (Wildman–Crippen MR) is 111 cm³/mol. The van der Waals surface area contributed by atoms with Crippen molar-refractivity contribution < 1.29 is 31.6 Å². The molecule has 1 aliphatic rings. The molecule has 1 N–H and O–H groups in total. The number of halogens is 3. The standard InChI is InChI=1S/C21H31F3N2O4S/c1-4-5-19(26(28)15-27)13-20(2,3)9-11-31(29,30)25-10-8-16-12-18(21(22,23)24)7-6-17(16)14-25/h6-7,12,15,19,28H,4-5,8-11,13-14H2,1-3H3. The first-order chi connectivity index (χ1) is 14.3. The van der Waals surface area contributed by atoms with E-state index in [9.17, 15) is 31.6 Å². The predicted octanol–water partition coefficient (Wildman–Crippen LogP) is 4.22. The summed E-state index contributed by atoms with van der Waals surface area (Å²) in [4.78, 5) is 10.9. The molecule has 0 spiro atoms. The second-order valence-electron chi connectivity index (χ2n) is 8.93. The van der Waals surface area contributed by atoms with E-state index < -0.39 is 27.2 Å². The first-order valence-electron chi connectivity index (χ1n) is 10.4. The Kier molecular flexibility index (Phi) is 8.15. The minimum absolute atomic E-state index is 0.0598. The van der Waals surface area contributed by atoms with Gasteiger partial charge < -0.3 is 0 Å². The Hall–Kier alpha value is -1.65. The Morgan fingerprint density at radius 1 is 1.26 bits per heavy atom. The summed E-state index contributed by atoms with van der Waals surface area (Å²) in [5, 5.41) is 10.4. The molecule has 0 bridgehead atoms. The lowest BCUT2D eigenvalue weighted by atomic mass is 9.82. The molecule has 0 aromatic heterocycles. The summed E-state index contributed by atoms with van der Waals surface area (Å²) < 4.78 is 65.8. The van der Waals surface area contributed by atoms with E-state index >= 15 is 0 Å². The van der Waals surface area contributed by atoms with Gasteiger partial charge in [0.05, 0.1) is 17.4 Å². The van der Waals surface area contributed by atoms with Gasteiger partial charge in [-0.05, 0) is 54.4 Å². The number of fused-ring (bicyclic) bond motifs is 1. The summed E-state index contributed by atoms with van der Waals surface area (Å²) in [6, 6.07) is 3.06. The minimum Gasteiger partial charge on any atom is -0.286 e. The molecule has 31 heavy (non-hydrogen) atoms. The van der Waals surface area contributed by atoms with Gasteiger partial charge in [-0.1, -0.05) is 33.3 Å². The fraction of sp³-hybridized carbons (Fsp3) is 0.667. The molecule has 2 rings (SSSR count).